The number of aryl methyl sites for hydroxylation is 1. The molecule has 0 spiro atoms. The van der Waals surface area contributed by atoms with Crippen LogP contribution in [0.5, 0.6) is 0 Å². The fourth-order valence-electron chi connectivity index (χ4n) is 2.25. The van der Waals surface area contributed by atoms with E-state index in [9.17, 15) is 5.26 Å². The summed E-state index contributed by atoms with van der Waals surface area (Å²) in [6.07, 6.45) is 0.667. The fraction of sp³-hybridized carbons (Fsp3) is 0.167. The van der Waals surface area contributed by atoms with Gasteiger partial charge in [0.2, 0.25) is 5.16 Å². The standard InChI is InChI=1S/C18H15BrN4S/c1-12-6-8-13(9-7-12)10-14(11-20)24-18-21-17(22-23-18)15-4-2-3-5-16(15)19/h2-9,14H,10H2,1H3,(H,21,22,23)/t14-/m1/s1. The number of hydrogen-bond donors (Lipinski definition) is 1. The largest absolute Gasteiger partial charge is 0.258 e. The minimum atomic E-state index is -0.226. The molecular weight excluding hydrogens is 384 g/mol. The number of thioether (sulfide) groups is 1. The van der Waals surface area contributed by atoms with Gasteiger partial charge in [-0.1, -0.05) is 75.7 Å². The van der Waals surface area contributed by atoms with Gasteiger partial charge in [0.15, 0.2) is 5.82 Å². The van der Waals surface area contributed by atoms with E-state index < -0.39 is 0 Å². The summed E-state index contributed by atoms with van der Waals surface area (Å²) in [4.78, 5) is 4.50. The van der Waals surface area contributed by atoms with Crippen molar-refractivity contribution in [3.05, 3.63) is 64.1 Å². The third-order valence-corrected chi connectivity index (χ3v) is 5.17. The molecule has 1 N–H and O–H groups in total. The van der Waals surface area contributed by atoms with Gasteiger partial charge in [-0.15, -0.1) is 5.10 Å². The molecule has 0 unspecified atom stereocenters. The van der Waals surface area contributed by atoms with Crippen LogP contribution in [0.1, 0.15) is 11.1 Å². The molecule has 0 amide bonds. The zero-order valence-electron chi connectivity index (χ0n) is 13.0. The van der Waals surface area contributed by atoms with Gasteiger partial charge in [0, 0.05) is 10.0 Å². The normalized spacial score (nSPS) is 11.9. The molecule has 1 atom stereocenters. The van der Waals surface area contributed by atoms with E-state index in [1.165, 1.54) is 17.3 Å². The number of nitrogens with zero attached hydrogens (tertiary/aromatic N) is 3. The van der Waals surface area contributed by atoms with Crippen molar-refractivity contribution >= 4 is 27.7 Å². The molecule has 2 aromatic carbocycles. The first-order chi connectivity index (χ1) is 11.7. The van der Waals surface area contributed by atoms with Crippen LogP contribution in [-0.2, 0) is 6.42 Å². The van der Waals surface area contributed by atoms with E-state index in [2.05, 4.69) is 68.4 Å². The maximum atomic E-state index is 9.43. The lowest BCUT2D eigenvalue weighted by molar-refractivity contribution is 0.954. The van der Waals surface area contributed by atoms with E-state index in [-0.39, 0.29) is 5.25 Å². The Hall–Kier alpha value is -2.10. The number of nitriles is 1. The molecule has 0 saturated carbocycles. The minimum Gasteiger partial charge on any atom is -0.258 e. The number of hydrogen-bond acceptors (Lipinski definition) is 4. The molecule has 24 heavy (non-hydrogen) atoms. The summed E-state index contributed by atoms with van der Waals surface area (Å²) in [5.41, 5.74) is 3.30. The Bertz CT molecular complexity index is 867. The molecule has 0 aliphatic heterocycles. The number of rotatable bonds is 5. The lowest BCUT2D eigenvalue weighted by Gasteiger charge is -2.06. The van der Waals surface area contributed by atoms with E-state index in [1.807, 2.05) is 24.3 Å². The summed E-state index contributed by atoms with van der Waals surface area (Å²) >= 11 is 4.89. The Labute approximate surface area is 153 Å². The molecule has 0 saturated heterocycles. The predicted octanol–water partition coefficient (Wildman–Crippen LogP) is 4.77. The molecule has 0 aliphatic carbocycles. The summed E-state index contributed by atoms with van der Waals surface area (Å²) in [5.74, 6) is 0.692. The molecule has 0 fully saturated rings. The van der Waals surface area contributed by atoms with Gasteiger partial charge < -0.3 is 0 Å². The van der Waals surface area contributed by atoms with E-state index in [0.29, 0.717) is 17.4 Å². The van der Waals surface area contributed by atoms with E-state index >= 15 is 0 Å². The Balaban J connectivity index is 1.72. The predicted molar refractivity (Wildman–Crippen MR) is 99.7 cm³/mol. The first-order valence-electron chi connectivity index (χ1n) is 7.45. The Kier molecular flexibility index (Phi) is 5.34. The van der Waals surface area contributed by atoms with Crippen molar-refractivity contribution in [1.29, 1.82) is 5.26 Å². The SMILES string of the molecule is Cc1ccc(C[C@H](C#N)Sc2n[nH]c(-c3ccccc3Br)n2)cc1. The summed E-state index contributed by atoms with van der Waals surface area (Å²) in [5, 5.41) is 17.0. The second kappa shape index (κ2) is 7.65. The number of aromatic amines is 1. The van der Waals surface area contributed by atoms with E-state index in [0.717, 1.165) is 15.6 Å². The van der Waals surface area contributed by atoms with Crippen LogP contribution >= 0.6 is 27.7 Å². The van der Waals surface area contributed by atoms with Crippen LogP contribution < -0.4 is 0 Å². The molecule has 0 bridgehead atoms. The van der Waals surface area contributed by atoms with Gasteiger partial charge >= 0.3 is 0 Å². The highest BCUT2D eigenvalue weighted by Crippen LogP contribution is 2.28. The first-order valence-corrected chi connectivity index (χ1v) is 9.12. The number of aromatic nitrogens is 3. The Morgan fingerprint density at radius 1 is 1.21 bits per heavy atom. The maximum Gasteiger partial charge on any atom is 0.210 e. The highest BCUT2D eigenvalue weighted by atomic mass is 79.9. The van der Waals surface area contributed by atoms with Crippen molar-refractivity contribution in [2.75, 3.05) is 0 Å². The van der Waals surface area contributed by atoms with Gasteiger partial charge in [-0.05, 0) is 25.0 Å². The van der Waals surface area contributed by atoms with Gasteiger partial charge in [-0.3, -0.25) is 5.10 Å². The number of halogens is 1. The van der Waals surface area contributed by atoms with Crippen molar-refractivity contribution in [1.82, 2.24) is 15.2 Å². The topological polar surface area (TPSA) is 65.4 Å². The monoisotopic (exact) mass is 398 g/mol. The zero-order valence-corrected chi connectivity index (χ0v) is 15.4. The third kappa shape index (κ3) is 4.05. The smallest absolute Gasteiger partial charge is 0.210 e. The van der Waals surface area contributed by atoms with E-state index in [1.54, 1.807) is 0 Å². The zero-order chi connectivity index (χ0) is 16.9. The second-order valence-electron chi connectivity index (χ2n) is 5.37. The third-order valence-electron chi connectivity index (χ3n) is 3.53. The van der Waals surface area contributed by atoms with Crippen LogP contribution in [-0.4, -0.2) is 20.4 Å². The van der Waals surface area contributed by atoms with Gasteiger partial charge in [0.25, 0.3) is 0 Å². The summed E-state index contributed by atoms with van der Waals surface area (Å²) in [6, 6.07) is 18.4. The van der Waals surface area contributed by atoms with Gasteiger partial charge in [-0.25, -0.2) is 4.98 Å². The molecule has 3 rings (SSSR count). The average molecular weight is 399 g/mol. The van der Waals surface area contributed by atoms with Crippen molar-refractivity contribution < 1.29 is 0 Å². The average Bonchev–Trinajstić information content (AvgIpc) is 3.05. The lowest BCUT2D eigenvalue weighted by atomic mass is 10.1. The Morgan fingerprint density at radius 2 is 1.96 bits per heavy atom. The highest BCUT2D eigenvalue weighted by molar-refractivity contribution is 9.10. The van der Waals surface area contributed by atoms with Crippen LogP contribution in [0.15, 0.2) is 58.2 Å². The number of H-pyrrole nitrogens is 1. The second-order valence-corrected chi connectivity index (χ2v) is 7.40. The lowest BCUT2D eigenvalue weighted by Crippen LogP contribution is -2.04. The fourth-order valence-corrected chi connectivity index (χ4v) is 3.55. The van der Waals surface area contributed by atoms with Crippen LogP contribution in [0.25, 0.3) is 11.4 Å². The number of benzene rings is 2. The van der Waals surface area contributed by atoms with Crippen molar-refractivity contribution in [3.8, 4) is 17.5 Å². The summed E-state index contributed by atoms with van der Waals surface area (Å²) in [6.45, 7) is 2.05. The summed E-state index contributed by atoms with van der Waals surface area (Å²) < 4.78 is 0.953. The molecule has 0 radical (unpaired) electrons. The molecule has 3 aromatic rings. The van der Waals surface area contributed by atoms with E-state index in [4.69, 9.17) is 0 Å². The quantitative estimate of drug-likeness (QED) is 0.628. The molecule has 4 nitrogen and oxygen atoms in total. The van der Waals surface area contributed by atoms with Gasteiger partial charge in [0.1, 0.15) is 5.25 Å². The van der Waals surface area contributed by atoms with Crippen molar-refractivity contribution in [3.63, 3.8) is 0 Å². The molecule has 1 aromatic heterocycles. The Morgan fingerprint density at radius 3 is 2.67 bits per heavy atom. The molecule has 120 valence electrons. The minimum absolute atomic E-state index is 0.226. The molecule has 1 heterocycles. The van der Waals surface area contributed by atoms with Crippen LogP contribution in [0.3, 0.4) is 0 Å². The molecule has 0 aliphatic rings. The van der Waals surface area contributed by atoms with Gasteiger partial charge in [0.05, 0.1) is 6.07 Å². The van der Waals surface area contributed by atoms with Crippen LogP contribution in [0.4, 0.5) is 0 Å². The van der Waals surface area contributed by atoms with Crippen LogP contribution in [0.2, 0.25) is 0 Å². The van der Waals surface area contributed by atoms with Crippen molar-refractivity contribution in [2.24, 2.45) is 0 Å². The van der Waals surface area contributed by atoms with Crippen LogP contribution in [0, 0.1) is 18.3 Å². The summed E-state index contributed by atoms with van der Waals surface area (Å²) in [7, 11) is 0. The number of nitrogens with one attached hydrogen (secondary N) is 1. The highest BCUT2D eigenvalue weighted by Gasteiger charge is 2.15. The molecule has 6 heteroatoms. The molecular formula is C18H15BrN4S. The van der Waals surface area contributed by atoms with Gasteiger partial charge in [-0.2, -0.15) is 5.26 Å². The van der Waals surface area contributed by atoms with Crippen molar-refractivity contribution in [2.45, 2.75) is 23.8 Å². The maximum absolute atomic E-state index is 9.43. The first kappa shape index (κ1) is 16.7.